The summed E-state index contributed by atoms with van der Waals surface area (Å²) in [7, 11) is 0. The van der Waals surface area contributed by atoms with E-state index >= 15 is 0 Å². The number of carbonyl (C=O) groups excluding carboxylic acids is 2. The Labute approximate surface area is 105 Å². The molecule has 2 aliphatic rings. The van der Waals surface area contributed by atoms with Gasteiger partial charge in [-0.15, -0.1) is 0 Å². The number of hydrogen-bond acceptors (Lipinski definition) is 3. The van der Waals surface area contributed by atoms with E-state index in [2.05, 4.69) is 5.32 Å². The first-order valence-corrected chi connectivity index (χ1v) is 6.19. The van der Waals surface area contributed by atoms with Gasteiger partial charge in [0.15, 0.2) is 0 Å². The molecular formula is C14H15NO3. The van der Waals surface area contributed by atoms with Crippen LogP contribution in [0.4, 0.5) is 0 Å². The molecule has 1 fully saturated rings. The number of carbonyl (C=O) groups is 2. The molecule has 1 aromatic rings. The Bertz CT molecular complexity index is 530. The third kappa shape index (κ3) is 1.42. The van der Waals surface area contributed by atoms with Crippen LogP contribution in [0.5, 0.6) is 0 Å². The molecular weight excluding hydrogens is 230 g/mol. The molecule has 1 N–H and O–H groups in total. The van der Waals surface area contributed by atoms with Crippen LogP contribution in [-0.4, -0.2) is 25.0 Å². The van der Waals surface area contributed by atoms with Crippen molar-refractivity contribution in [1.82, 2.24) is 5.32 Å². The molecule has 0 unspecified atom stereocenters. The van der Waals surface area contributed by atoms with Crippen LogP contribution in [0.2, 0.25) is 0 Å². The summed E-state index contributed by atoms with van der Waals surface area (Å²) in [5, 5.41) is 2.49. The zero-order valence-corrected chi connectivity index (χ0v) is 10.3. The van der Waals surface area contributed by atoms with E-state index in [1.165, 1.54) is 0 Å². The summed E-state index contributed by atoms with van der Waals surface area (Å²) < 4.78 is 5.36. The Kier molecular flexibility index (Phi) is 2.48. The molecule has 3 rings (SSSR count). The lowest BCUT2D eigenvalue weighted by atomic mass is 9.68. The first-order chi connectivity index (χ1) is 8.65. The van der Waals surface area contributed by atoms with Crippen molar-refractivity contribution in [1.29, 1.82) is 0 Å². The van der Waals surface area contributed by atoms with Crippen LogP contribution >= 0.6 is 0 Å². The van der Waals surface area contributed by atoms with E-state index in [-0.39, 0.29) is 11.8 Å². The normalized spacial score (nSPS) is 21.6. The van der Waals surface area contributed by atoms with Crippen LogP contribution in [0.15, 0.2) is 18.2 Å². The number of nitrogens with one attached hydrogen (secondary N) is 1. The highest BCUT2D eigenvalue weighted by Crippen LogP contribution is 2.41. The number of hydrogen-bond donors (Lipinski definition) is 1. The van der Waals surface area contributed by atoms with Gasteiger partial charge in [0.1, 0.15) is 0 Å². The van der Waals surface area contributed by atoms with E-state index in [1.807, 2.05) is 19.1 Å². The number of fused-ring (bicyclic) bond motifs is 2. The van der Waals surface area contributed by atoms with Crippen LogP contribution in [0.25, 0.3) is 0 Å². The molecule has 0 aromatic heterocycles. The van der Waals surface area contributed by atoms with Crippen molar-refractivity contribution < 1.29 is 14.3 Å². The molecule has 2 aliphatic heterocycles. The number of aryl methyl sites for hydroxylation is 1. The second-order valence-electron chi connectivity index (χ2n) is 4.98. The Morgan fingerprint density at radius 1 is 1.22 bits per heavy atom. The molecule has 2 heterocycles. The second-order valence-corrected chi connectivity index (χ2v) is 4.98. The summed E-state index contributed by atoms with van der Waals surface area (Å²) in [5.41, 5.74) is 1.98. The fourth-order valence-electron chi connectivity index (χ4n) is 3.09. The van der Waals surface area contributed by atoms with Gasteiger partial charge in [-0.2, -0.15) is 0 Å². The average Bonchev–Trinajstić information content (AvgIpc) is 2.37. The second kappa shape index (κ2) is 3.92. The Hall–Kier alpha value is -1.68. The van der Waals surface area contributed by atoms with Gasteiger partial charge in [0.25, 0.3) is 5.91 Å². The molecule has 18 heavy (non-hydrogen) atoms. The molecule has 1 saturated heterocycles. The topological polar surface area (TPSA) is 55.4 Å². The van der Waals surface area contributed by atoms with Crippen LogP contribution < -0.4 is 5.32 Å². The van der Waals surface area contributed by atoms with Gasteiger partial charge >= 0.3 is 0 Å². The van der Waals surface area contributed by atoms with Gasteiger partial charge in [0, 0.05) is 18.8 Å². The summed E-state index contributed by atoms with van der Waals surface area (Å²) in [5.74, 6) is -0.451. The van der Waals surface area contributed by atoms with Gasteiger partial charge < -0.3 is 4.74 Å². The average molecular weight is 245 g/mol. The molecule has 0 aliphatic carbocycles. The molecule has 94 valence electrons. The smallest absolute Gasteiger partial charge is 0.258 e. The van der Waals surface area contributed by atoms with E-state index in [0.717, 1.165) is 11.1 Å². The first-order valence-electron chi connectivity index (χ1n) is 6.19. The minimum Gasteiger partial charge on any atom is -0.381 e. The molecule has 0 atom stereocenters. The maximum absolute atomic E-state index is 12.3. The standard InChI is InChI=1S/C14H15NO3/c1-9-3-2-4-10-11(9)14(5-7-18-8-6-14)13(17)15-12(10)16/h2-4H,5-8H2,1H3,(H,15,16,17). The zero-order valence-electron chi connectivity index (χ0n) is 10.3. The number of amides is 2. The van der Waals surface area contributed by atoms with Crippen molar-refractivity contribution in [3.63, 3.8) is 0 Å². The number of rotatable bonds is 0. The highest BCUT2D eigenvalue weighted by Gasteiger charge is 2.48. The Morgan fingerprint density at radius 2 is 1.94 bits per heavy atom. The fourth-order valence-corrected chi connectivity index (χ4v) is 3.09. The van der Waals surface area contributed by atoms with Gasteiger partial charge in [-0.3, -0.25) is 14.9 Å². The van der Waals surface area contributed by atoms with Crippen LogP contribution in [0.1, 0.15) is 34.3 Å². The van der Waals surface area contributed by atoms with Crippen LogP contribution in [0, 0.1) is 6.92 Å². The van der Waals surface area contributed by atoms with Crippen molar-refractivity contribution in [3.05, 3.63) is 34.9 Å². The van der Waals surface area contributed by atoms with Crippen molar-refractivity contribution in [3.8, 4) is 0 Å². The third-order valence-electron chi connectivity index (χ3n) is 4.00. The highest BCUT2D eigenvalue weighted by molar-refractivity contribution is 6.13. The van der Waals surface area contributed by atoms with Crippen molar-refractivity contribution in [2.45, 2.75) is 25.2 Å². The van der Waals surface area contributed by atoms with E-state index in [1.54, 1.807) is 6.07 Å². The zero-order chi connectivity index (χ0) is 12.8. The summed E-state index contributed by atoms with van der Waals surface area (Å²) in [6.45, 7) is 3.09. The van der Waals surface area contributed by atoms with E-state index in [0.29, 0.717) is 31.6 Å². The quantitative estimate of drug-likeness (QED) is 0.701. The number of benzene rings is 1. The number of ether oxygens (including phenoxy) is 1. The maximum Gasteiger partial charge on any atom is 0.258 e. The SMILES string of the molecule is Cc1cccc2c1C1(CCOCC1)C(=O)NC2=O. The van der Waals surface area contributed by atoms with Gasteiger partial charge in [-0.05, 0) is 37.0 Å². The molecule has 4 heteroatoms. The maximum atomic E-state index is 12.3. The van der Waals surface area contributed by atoms with Crippen molar-refractivity contribution in [2.75, 3.05) is 13.2 Å². The van der Waals surface area contributed by atoms with E-state index < -0.39 is 5.41 Å². The molecule has 0 radical (unpaired) electrons. The summed E-state index contributed by atoms with van der Waals surface area (Å²) in [4.78, 5) is 24.2. The monoisotopic (exact) mass is 245 g/mol. The minimum atomic E-state index is -0.577. The van der Waals surface area contributed by atoms with E-state index in [9.17, 15) is 9.59 Å². The van der Waals surface area contributed by atoms with Gasteiger partial charge in [0.05, 0.1) is 5.41 Å². The minimum absolute atomic E-state index is 0.169. The molecule has 1 aromatic carbocycles. The molecule has 0 saturated carbocycles. The Balaban J connectivity index is 2.24. The predicted octanol–water partition coefficient (Wildman–Crippen LogP) is 1.31. The van der Waals surface area contributed by atoms with E-state index in [4.69, 9.17) is 4.74 Å². The highest BCUT2D eigenvalue weighted by atomic mass is 16.5. The van der Waals surface area contributed by atoms with Crippen molar-refractivity contribution >= 4 is 11.8 Å². The summed E-state index contributed by atoms with van der Waals surface area (Å²) >= 11 is 0. The molecule has 1 spiro atoms. The van der Waals surface area contributed by atoms with Crippen LogP contribution in [0.3, 0.4) is 0 Å². The lowest BCUT2D eigenvalue weighted by Crippen LogP contribution is -2.54. The largest absolute Gasteiger partial charge is 0.381 e. The lowest BCUT2D eigenvalue weighted by Gasteiger charge is -2.40. The Morgan fingerprint density at radius 3 is 2.67 bits per heavy atom. The molecule has 0 bridgehead atoms. The van der Waals surface area contributed by atoms with Gasteiger partial charge in [-0.25, -0.2) is 0 Å². The third-order valence-corrected chi connectivity index (χ3v) is 4.00. The predicted molar refractivity (Wildman–Crippen MR) is 65.4 cm³/mol. The molecule has 2 amide bonds. The molecule has 4 nitrogen and oxygen atoms in total. The number of imide groups is 1. The van der Waals surface area contributed by atoms with Gasteiger partial charge in [0.2, 0.25) is 5.91 Å². The fraction of sp³-hybridized carbons (Fsp3) is 0.429. The lowest BCUT2D eigenvalue weighted by molar-refractivity contribution is -0.130. The first kappa shape index (κ1) is 11.4. The van der Waals surface area contributed by atoms with Crippen molar-refractivity contribution in [2.24, 2.45) is 0 Å². The van der Waals surface area contributed by atoms with Gasteiger partial charge in [-0.1, -0.05) is 12.1 Å². The van der Waals surface area contributed by atoms with Crippen LogP contribution in [-0.2, 0) is 14.9 Å². The summed E-state index contributed by atoms with van der Waals surface area (Å²) in [6.07, 6.45) is 1.29. The summed E-state index contributed by atoms with van der Waals surface area (Å²) in [6, 6.07) is 5.61.